The molecule has 1 aromatic carbocycles. The van der Waals surface area contributed by atoms with Gasteiger partial charge in [0.2, 0.25) is 0 Å². The van der Waals surface area contributed by atoms with Gasteiger partial charge < -0.3 is 10.1 Å². The molecule has 2 aliphatic rings. The van der Waals surface area contributed by atoms with Crippen LogP contribution in [-0.4, -0.2) is 37.7 Å². The van der Waals surface area contributed by atoms with Crippen LogP contribution in [0.15, 0.2) is 18.2 Å². The zero-order valence-corrected chi connectivity index (χ0v) is 11.0. The van der Waals surface area contributed by atoms with Crippen LogP contribution in [0.1, 0.15) is 24.0 Å². The summed E-state index contributed by atoms with van der Waals surface area (Å²) in [6.45, 7) is 6.08. The van der Waals surface area contributed by atoms with Gasteiger partial charge in [-0.3, -0.25) is 4.90 Å². The first kappa shape index (κ1) is 12.0. The van der Waals surface area contributed by atoms with E-state index >= 15 is 0 Å². The van der Waals surface area contributed by atoms with E-state index in [2.05, 4.69) is 28.4 Å². The Kier molecular flexibility index (Phi) is 3.81. The van der Waals surface area contributed by atoms with E-state index in [0.29, 0.717) is 0 Å². The summed E-state index contributed by atoms with van der Waals surface area (Å²) in [5.41, 5.74) is 4.29. The molecule has 0 aromatic heterocycles. The molecule has 18 heavy (non-hydrogen) atoms. The highest BCUT2D eigenvalue weighted by Gasteiger charge is 2.12. The number of morpholine rings is 1. The first-order valence-electron chi connectivity index (χ1n) is 7.07. The molecule has 0 atom stereocenters. The maximum absolute atomic E-state index is 5.39. The highest BCUT2D eigenvalue weighted by Crippen LogP contribution is 2.23. The molecule has 0 amide bonds. The van der Waals surface area contributed by atoms with Gasteiger partial charge in [0.1, 0.15) is 0 Å². The predicted octanol–water partition coefficient (Wildman–Crippen LogP) is 2.27. The summed E-state index contributed by atoms with van der Waals surface area (Å²) >= 11 is 0. The molecular weight excluding hydrogens is 224 g/mol. The number of nitrogens with one attached hydrogen (secondary N) is 1. The molecule has 0 unspecified atom stereocenters. The number of rotatable bonds is 2. The Morgan fingerprint density at radius 1 is 1.17 bits per heavy atom. The van der Waals surface area contributed by atoms with Crippen molar-refractivity contribution < 1.29 is 4.74 Å². The molecule has 0 aliphatic carbocycles. The molecule has 1 N–H and O–H groups in total. The van der Waals surface area contributed by atoms with Crippen molar-refractivity contribution in [3.63, 3.8) is 0 Å². The Morgan fingerprint density at radius 2 is 2.06 bits per heavy atom. The molecule has 0 saturated carbocycles. The minimum Gasteiger partial charge on any atom is -0.385 e. The smallest absolute Gasteiger partial charge is 0.0594 e. The molecule has 1 aromatic rings. The molecule has 0 bridgehead atoms. The maximum atomic E-state index is 5.39. The van der Waals surface area contributed by atoms with Crippen LogP contribution in [0.4, 0.5) is 5.69 Å². The number of benzene rings is 1. The third kappa shape index (κ3) is 2.85. The number of aryl methyl sites for hydroxylation is 1. The fourth-order valence-corrected chi connectivity index (χ4v) is 2.81. The molecule has 98 valence electrons. The summed E-state index contributed by atoms with van der Waals surface area (Å²) < 4.78 is 5.39. The summed E-state index contributed by atoms with van der Waals surface area (Å²) in [6, 6.07) is 6.92. The van der Waals surface area contributed by atoms with Crippen LogP contribution in [0.2, 0.25) is 0 Å². The van der Waals surface area contributed by atoms with Gasteiger partial charge in [0, 0.05) is 31.9 Å². The maximum Gasteiger partial charge on any atom is 0.0594 e. The van der Waals surface area contributed by atoms with Gasteiger partial charge in [-0.25, -0.2) is 0 Å². The van der Waals surface area contributed by atoms with E-state index in [-0.39, 0.29) is 0 Å². The molecule has 0 radical (unpaired) electrons. The SMILES string of the molecule is c1cc2c(cc1CN1CCOCC1)CCCCN2. The first-order valence-corrected chi connectivity index (χ1v) is 7.07. The molecule has 2 aliphatic heterocycles. The minimum absolute atomic E-state index is 0.881. The summed E-state index contributed by atoms with van der Waals surface area (Å²) in [6.07, 6.45) is 3.81. The van der Waals surface area contributed by atoms with Gasteiger partial charge in [0.15, 0.2) is 0 Å². The van der Waals surface area contributed by atoms with E-state index in [1.165, 1.54) is 36.1 Å². The molecular formula is C15H22N2O. The Balaban J connectivity index is 1.70. The number of anilines is 1. The Hall–Kier alpha value is -1.06. The number of hydrogen-bond donors (Lipinski definition) is 1. The molecule has 3 rings (SSSR count). The lowest BCUT2D eigenvalue weighted by Gasteiger charge is -2.26. The zero-order chi connectivity index (χ0) is 12.2. The van der Waals surface area contributed by atoms with Gasteiger partial charge in [-0.05, 0) is 36.5 Å². The lowest BCUT2D eigenvalue weighted by molar-refractivity contribution is 0.0342. The number of ether oxygens (including phenoxy) is 1. The van der Waals surface area contributed by atoms with E-state index in [1.54, 1.807) is 0 Å². The monoisotopic (exact) mass is 246 g/mol. The van der Waals surface area contributed by atoms with Crippen molar-refractivity contribution in [3.05, 3.63) is 29.3 Å². The van der Waals surface area contributed by atoms with Crippen molar-refractivity contribution in [2.75, 3.05) is 38.2 Å². The summed E-state index contributed by atoms with van der Waals surface area (Å²) in [7, 11) is 0. The third-order valence-corrected chi connectivity index (χ3v) is 3.87. The summed E-state index contributed by atoms with van der Waals surface area (Å²) in [5, 5.41) is 3.52. The molecule has 1 fully saturated rings. The average molecular weight is 246 g/mol. The second-order valence-electron chi connectivity index (χ2n) is 5.26. The lowest BCUT2D eigenvalue weighted by Crippen LogP contribution is -2.35. The average Bonchev–Trinajstić information content (AvgIpc) is 2.64. The van der Waals surface area contributed by atoms with Crippen LogP contribution < -0.4 is 5.32 Å². The van der Waals surface area contributed by atoms with E-state index in [1.807, 2.05) is 0 Å². The highest BCUT2D eigenvalue weighted by atomic mass is 16.5. The lowest BCUT2D eigenvalue weighted by atomic mass is 10.0. The van der Waals surface area contributed by atoms with E-state index in [4.69, 9.17) is 4.74 Å². The Bertz CT molecular complexity index is 399. The van der Waals surface area contributed by atoms with Crippen molar-refractivity contribution in [2.45, 2.75) is 25.8 Å². The van der Waals surface area contributed by atoms with Gasteiger partial charge in [-0.2, -0.15) is 0 Å². The van der Waals surface area contributed by atoms with Gasteiger partial charge in [0.25, 0.3) is 0 Å². The van der Waals surface area contributed by atoms with Crippen LogP contribution in [0, 0.1) is 0 Å². The van der Waals surface area contributed by atoms with Gasteiger partial charge >= 0.3 is 0 Å². The Morgan fingerprint density at radius 3 is 2.94 bits per heavy atom. The second-order valence-corrected chi connectivity index (χ2v) is 5.26. The van der Waals surface area contributed by atoms with Crippen LogP contribution >= 0.6 is 0 Å². The second kappa shape index (κ2) is 5.72. The van der Waals surface area contributed by atoms with Crippen molar-refractivity contribution in [2.24, 2.45) is 0 Å². The van der Waals surface area contributed by atoms with Crippen molar-refractivity contribution in [1.82, 2.24) is 4.90 Å². The fourth-order valence-electron chi connectivity index (χ4n) is 2.81. The number of hydrogen-bond acceptors (Lipinski definition) is 3. The minimum atomic E-state index is 0.881. The zero-order valence-electron chi connectivity index (χ0n) is 11.0. The van der Waals surface area contributed by atoms with E-state index in [0.717, 1.165) is 39.4 Å². The molecule has 3 nitrogen and oxygen atoms in total. The third-order valence-electron chi connectivity index (χ3n) is 3.87. The van der Waals surface area contributed by atoms with Crippen LogP contribution in [0.5, 0.6) is 0 Å². The fraction of sp³-hybridized carbons (Fsp3) is 0.600. The molecule has 0 spiro atoms. The van der Waals surface area contributed by atoms with Gasteiger partial charge in [0.05, 0.1) is 13.2 Å². The van der Waals surface area contributed by atoms with Crippen molar-refractivity contribution in [3.8, 4) is 0 Å². The quantitative estimate of drug-likeness (QED) is 0.866. The van der Waals surface area contributed by atoms with Gasteiger partial charge in [-0.15, -0.1) is 0 Å². The number of fused-ring (bicyclic) bond motifs is 1. The normalized spacial score (nSPS) is 20.9. The van der Waals surface area contributed by atoms with Crippen LogP contribution in [0.25, 0.3) is 0 Å². The van der Waals surface area contributed by atoms with E-state index < -0.39 is 0 Å². The molecule has 1 saturated heterocycles. The largest absolute Gasteiger partial charge is 0.385 e. The highest BCUT2D eigenvalue weighted by molar-refractivity contribution is 5.53. The predicted molar refractivity (Wildman–Crippen MR) is 74.0 cm³/mol. The van der Waals surface area contributed by atoms with E-state index in [9.17, 15) is 0 Å². The van der Waals surface area contributed by atoms with Crippen molar-refractivity contribution in [1.29, 1.82) is 0 Å². The van der Waals surface area contributed by atoms with Crippen LogP contribution in [-0.2, 0) is 17.7 Å². The molecule has 3 heteroatoms. The molecule has 2 heterocycles. The van der Waals surface area contributed by atoms with Gasteiger partial charge in [-0.1, -0.05) is 12.1 Å². The standard InChI is InChI=1S/C15H22N2O/c1-2-6-16-15-5-4-13(11-14(15)3-1)12-17-7-9-18-10-8-17/h4-5,11,16H,1-3,6-10,12H2. The Labute approximate surface area is 109 Å². The summed E-state index contributed by atoms with van der Waals surface area (Å²) in [4.78, 5) is 2.48. The van der Waals surface area contributed by atoms with Crippen LogP contribution in [0.3, 0.4) is 0 Å². The topological polar surface area (TPSA) is 24.5 Å². The summed E-state index contributed by atoms with van der Waals surface area (Å²) in [5.74, 6) is 0. The number of nitrogens with zero attached hydrogens (tertiary/aromatic N) is 1. The first-order chi connectivity index (χ1) is 8.92. The van der Waals surface area contributed by atoms with Crippen molar-refractivity contribution >= 4 is 5.69 Å².